The van der Waals surface area contributed by atoms with Gasteiger partial charge >= 0.3 is 17.9 Å². The van der Waals surface area contributed by atoms with E-state index in [4.69, 9.17) is 23.7 Å². The van der Waals surface area contributed by atoms with Crippen LogP contribution in [0.25, 0.3) is 28.3 Å². The Balaban J connectivity index is 1.20. The Bertz CT molecular complexity index is 1810. The van der Waals surface area contributed by atoms with Gasteiger partial charge in [0, 0.05) is 17.7 Å². The quantitative estimate of drug-likeness (QED) is 0.0319. The molecule has 0 bridgehead atoms. The lowest BCUT2D eigenvalue weighted by atomic mass is 10.0. The highest BCUT2D eigenvalue weighted by Crippen LogP contribution is 2.27. The lowest BCUT2D eigenvalue weighted by molar-refractivity contribution is -0.139. The molecule has 0 aliphatic heterocycles. The van der Waals surface area contributed by atoms with Gasteiger partial charge in [-0.05, 0) is 96.5 Å². The van der Waals surface area contributed by atoms with Crippen LogP contribution in [0, 0.1) is 5.82 Å². The molecule has 0 spiro atoms. The first-order valence-electron chi connectivity index (χ1n) is 16.8. The van der Waals surface area contributed by atoms with Gasteiger partial charge in [0.25, 0.3) is 0 Å². The largest absolute Gasteiger partial charge is 0.494 e. The van der Waals surface area contributed by atoms with Crippen LogP contribution in [0.5, 0.6) is 11.5 Å². The molecule has 4 aromatic carbocycles. The molecule has 1 unspecified atom stereocenters. The normalized spacial score (nSPS) is 11.3. The van der Waals surface area contributed by atoms with Crippen molar-refractivity contribution in [1.82, 2.24) is 0 Å². The first kappa shape index (κ1) is 38.8. The first-order valence-corrected chi connectivity index (χ1v) is 16.8. The number of carbonyl (C=O) groups excluding carboxylic acids is 3. The van der Waals surface area contributed by atoms with Crippen molar-refractivity contribution in [2.75, 3.05) is 26.4 Å². The minimum absolute atomic E-state index is 0.0588. The number of halogens is 1. The van der Waals surface area contributed by atoms with Gasteiger partial charge in [-0.3, -0.25) is 0 Å². The molecule has 0 aromatic heterocycles. The Morgan fingerprint density at radius 2 is 1.21 bits per heavy atom. The minimum atomic E-state index is -1.27. The van der Waals surface area contributed by atoms with Gasteiger partial charge in [0.1, 0.15) is 30.5 Å². The summed E-state index contributed by atoms with van der Waals surface area (Å²) < 4.78 is 41.3. The number of hydrogen-bond donors (Lipinski definition) is 1. The topological polar surface area (TPSA) is 118 Å². The molecule has 0 fully saturated rings. The average molecular weight is 709 g/mol. The van der Waals surface area contributed by atoms with E-state index in [0.29, 0.717) is 47.0 Å². The summed E-state index contributed by atoms with van der Waals surface area (Å²) in [5.74, 6) is -0.809. The zero-order valence-corrected chi connectivity index (χ0v) is 28.7. The van der Waals surface area contributed by atoms with Crippen molar-refractivity contribution in [2.24, 2.45) is 0 Å². The Labute approximate surface area is 302 Å². The third-order valence-corrected chi connectivity index (χ3v) is 7.62. The van der Waals surface area contributed by atoms with E-state index < -0.39 is 30.0 Å². The molecular weight excluding hydrogens is 667 g/mol. The number of esters is 3. The number of ether oxygens (including phenoxy) is 5. The molecule has 10 heteroatoms. The summed E-state index contributed by atoms with van der Waals surface area (Å²) in [5.41, 5.74) is 3.77. The van der Waals surface area contributed by atoms with E-state index in [1.807, 2.05) is 36.4 Å². The van der Waals surface area contributed by atoms with Crippen LogP contribution >= 0.6 is 0 Å². The van der Waals surface area contributed by atoms with E-state index in [0.717, 1.165) is 49.0 Å². The number of aliphatic hydroxyl groups excluding tert-OH is 1. The molecule has 0 radical (unpaired) electrons. The van der Waals surface area contributed by atoms with Gasteiger partial charge in [-0.1, -0.05) is 67.8 Å². The average Bonchev–Trinajstić information content (AvgIpc) is 3.17. The molecule has 0 saturated carbocycles. The molecule has 1 N–H and O–H groups in total. The predicted octanol–water partition coefficient (Wildman–Crippen LogP) is 8.12. The molecule has 9 nitrogen and oxygen atoms in total. The van der Waals surface area contributed by atoms with Gasteiger partial charge in [-0.2, -0.15) is 0 Å². The SMILES string of the molecule is C=CC(=O)OCCCCCCOc1ccc(-c2ccc(/C=C/C(O)Oc3ccc(-c4ccc(C(=O)OCCOC(=O)C=C)cc4)cc3)cc2F)cc1. The van der Waals surface area contributed by atoms with Crippen LogP contribution in [0.2, 0.25) is 0 Å². The van der Waals surface area contributed by atoms with Crippen molar-refractivity contribution in [3.8, 4) is 33.8 Å². The van der Waals surface area contributed by atoms with Gasteiger partial charge in [0.05, 0.1) is 18.8 Å². The molecule has 0 saturated heterocycles. The van der Waals surface area contributed by atoms with E-state index in [1.54, 1.807) is 54.6 Å². The lowest BCUT2D eigenvalue weighted by Gasteiger charge is -2.11. The molecule has 0 heterocycles. The number of aliphatic hydroxyl groups is 1. The van der Waals surface area contributed by atoms with Crippen LogP contribution in [0.4, 0.5) is 4.39 Å². The van der Waals surface area contributed by atoms with Crippen LogP contribution in [0.3, 0.4) is 0 Å². The van der Waals surface area contributed by atoms with Gasteiger partial charge in [-0.25, -0.2) is 18.8 Å². The van der Waals surface area contributed by atoms with Crippen LogP contribution in [-0.4, -0.2) is 55.7 Å². The first-order chi connectivity index (χ1) is 25.2. The van der Waals surface area contributed by atoms with Gasteiger partial charge < -0.3 is 28.8 Å². The highest BCUT2D eigenvalue weighted by Gasteiger charge is 2.10. The standard InChI is InChI=1S/C42H41FO9/c1-3-39(44)49-26-8-6-5-7-25-48-35-19-17-33(18-20-35)37-23-9-30(29-38(37)43)10-24-41(46)52-36-21-15-32(16-22-36)31-11-13-34(14-12-31)42(47)51-28-27-50-40(45)4-2/h3-4,9-24,29,41,46H,1-2,5-8,25-28H2/b24-10+. The third-order valence-electron chi connectivity index (χ3n) is 7.62. The zero-order valence-electron chi connectivity index (χ0n) is 28.7. The summed E-state index contributed by atoms with van der Waals surface area (Å²) in [5, 5.41) is 10.4. The summed E-state index contributed by atoms with van der Waals surface area (Å²) in [6, 6.07) is 25.9. The van der Waals surface area contributed by atoms with Crippen molar-refractivity contribution in [1.29, 1.82) is 0 Å². The van der Waals surface area contributed by atoms with Crippen LogP contribution in [-0.2, 0) is 23.8 Å². The maximum Gasteiger partial charge on any atom is 0.338 e. The molecule has 0 aliphatic carbocycles. The fourth-order valence-electron chi connectivity index (χ4n) is 4.89. The highest BCUT2D eigenvalue weighted by molar-refractivity contribution is 5.90. The van der Waals surface area contributed by atoms with Crippen molar-refractivity contribution >= 4 is 24.0 Å². The number of hydrogen-bond acceptors (Lipinski definition) is 9. The predicted molar refractivity (Wildman–Crippen MR) is 196 cm³/mol. The molecule has 0 amide bonds. The van der Waals surface area contributed by atoms with E-state index in [9.17, 15) is 19.5 Å². The number of benzene rings is 4. The Hall–Kier alpha value is -6.00. The Kier molecular flexibility index (Phi) is 15.4. The monoisotopic (exact) mass is 708 g/mol. The van der Waals surface area contributed by atoms with Crippen LogP contribution in [0.15, 0.2) is 122 Å². The van der Waals surface area contributed by atoms with Crippen molar-refractivity contribution < 1.29 is 47.6 Å². The minimum Gasteiger partial charge on any atom is -0.494 e. The molecule has 4 rings (SSSR count). The second-order valence-corrected chi connectivity index (χ2v) is 11.4. The summed E-state index contributed by atoms with van der Waals surface area (Å²) in [7, 11) is 0. The molecule has 1 atom stereocenters. The van der Waals surface area contributed by atoms with Crippen LogP contribution in [0.1, 0.15) is 41.6 Å². The second kappa shape index (κ2) is 20.6. The van der Waals surface area contributed by atoms with Gasteiger partial charge in [-0.15, -0.1) is 0 Å². The smallest absolute Gasteiger partial charge is 0.338 e. The number of rotatable bonds is 20. The van der Waals surface area contributed by atoms with Crippen molar-refractivity contribution in [3.05, 3.63) is 139 Å². The second-order valence-electron chi connectivity index (χ2n) is 11.4. The number of carbonyl (C=O) groups is 3. The highest BCUT2D eigenvalue weighted by atomic mass is 19.1. The summed E-state index contributed by atoms with van der Waals surface area (Å²) in [4.78, 5) is 34.3. The summed E-state index contributed by atoms with van der Waals surface area (Å²) >= 11 is 0. The van der Waals surface area contributed by atoms with E-state index >= 15 is 4.39 Å². The third kappa shape index (κ3) is 12.7. The molecule has 0 aliphatic rings. The Morgan fingerprint density at radius 1 is 0.654 bits per heavy atom. The summed E-state index contributed by atoms with van der Waals surface area (Å²) in [6.07, 6.45) is 7.47. The summed E-state index contributed by atoms with van der Waals surface area (Å²) in [6.45, 7) is 7.48. The lowest BCUT2D eigenvalue weighted by Crippen LogP contribution is -2.12. The maximum atomic E-state index is 15.1. The fourth-order valence-corrected chi connectivity index (χ4v) is 4.89. The van der Waals surface area contributed by atoms with Crippen LogP contribution < -0.4 is 9.47 Å². The maximum absolute atomic E-state index is 15.1. The number of unbranched alkanes of at least 4 members (excludes halogenated alkanes) is 3. The van der Waals surface area contributed by atoms with Gasteiger partial charge in [0.15, 0.2) is 0 Å². The van der Waals surface area contributed by atoms with Gasteiger partial charge in [0.2, 0.25) is 6.29 Å². The van der Waals surface area contributed by atoms with Crippen molar-refractivity contribution in [3.63, 3.8) is 0 Å². The molecule has 270 valence electrons. The van der Waals surface area contributed by atoms with E-state index in [1.165, 1.54) is 12.1 Å². The molecule has 4 aromatic rings. The molecular formula is C42H41FO9. The van der Waals surface area contributed by atoms with E-state index in [2.05, 4.69) is 13.2 Å². The van der Waals surface area contributed by atoms with Crippen molar-refractivity contribution in [2.45, 2.75) is 32.0 Å². The zero-order chi connectivity index (χ0) is 37.1. The molecule has 52 heavy (non-hydrogen) atoms. The Morgan fingerprint density at radius 3 is 1.85 bits per heavy atom. The fraction of sp³-hybridized carbons (Fsp3) is 0.214. The van der Waals surface area contributed by atoms with E-state index in [-0.39, 0.29) is 13.2 Å².